The third kappa shape index (κ3) is 4.04. The number of carbonyl (C=O) groups excluding carboxylic acids is 1. The van der Waals surface area contributed by atoms with Crippen LogP contribution in [0.1, 0.15) is 37.7 Å². The van der Waals surface area contributed by atoms with Gasteiger partial charge in [-0.15, -0.1) is 0 Å². The van der Waals surface area contributed by atoms with Gasteiger partial charge in [0.25, 0.3) is 0 Å². The van der Waals surface area contributed by atoms with Gasteiger partial charge in [0.2, 0.25) is 5.91 Å². The second kappa shape index (κ2) is 7.97. The molecule has 142 valence electrons. The second-order valence-corrected chi connectivity index (χ2v) is 8.01. The van der Waals surface area contributed by atoms with Crippen LogP contribution >= 0.6 is 0 Å². The van der Waals surface area contributed by atoms with Crippen molar-refractivity contribution >= 4 is 5.91 Å². The van der Waals surface area contributed by atoms with Crippen molar-refractivity contribution in [3.05, 3.63) is 29.8 Å². The van der Waals surface area contributed by atoms with E-state index in [1.807, 2.05) is 18.2 Å². The first-order chi connectivity index (χ1) is 12.7. The number of hydrogen-bond donors (Lipinski definition) is 1. The maximum Gasteiger partial charge on any atom is 0.224 e. The third-order valence-corrected chi connectivity index (χ3v) is 6.11. The molecule has 2 fully saturated rings. The van der Waals surface area contributed by atoms with E-state index in [0.29, 0.717) is 6.61 Å². The number of hydrogen-bond acceptors (Lipinski definition) is 4. The zero-order valence-electron chi connectivity index (χ0n) is 15.5. The average Bonchev–Trinajstić information content (AvgIpc) is 2.99. The number of rotatable bonds is 4. The van der Waals surface area contributed by atoms with Gasteiger partial charge in [0, 0.05) is 25.6 Å². The van der Waals surface area contributed by atoms with Gasteiger partial charge in [-0.1, -0.05) is 31.0 Å². The minimum absolute atomic E-state index is 0.000754. The average molecular weight is 358 g/mol. The van der Waals surface area contributed by atoms with Gasteiger partial charge in [-0.25, -0.2) is 0 Å². The monoisotopic (exact) mass is 358 g/mol. The molecule has 1 atom stereocenters. The number of nitrogens with one attached hydrogen (secondary N) is 1. The maximum atomic E-state index is 13.2. The van der Waals surface area contributed by atoms with Crippen LogP contribution in [0.4, 0.5) is 0 Å². The van der Waals surface area contributed by atoms with Gasteiger partial charge in [-0.3, -0.25) is 9.69 Å². The normalized spacial score (nSPS) is 25.8. The molecule has 1 aromatic carbocycles. The van der Waals surface area contributed by atoms with Gasteiger partial charge in [0.05, 0.1) is 25.4 Å². The number of fused-ring (bicyclic) bond motifs is 1. The molecule has 1 aromatic rings. The van der Waals surface area contributed by atoms with Crippen LogP contribution < -0.4 is 10.1 Å². The van der Waals surface area contributed by atoms with Crippen LogP contribution in [0.5, 0.6) is 5.75 Å². The van der Waals surface area contributed by atoms with E-state index in [4.69, 9.17) is 9.47 Å². The van der Waals surface area contributed by atoms with Crippen LogP contribution in [0.25, 0.3) is 0 Å². The first kappa shape index (κ1) is 17.8. The molecule has 5 nitrogen and oxygen atoms in total. The van der Waals surface area contributed by atoms with Crippen molar-refractivity contribution in [3.8, 4) is 5.75 Å². The molecule has 1 saturated heterocycles. The largest absolute Gasteiger partial charge is 0.493 e. The SMILES string of the molecule is O=C(NC1(CN2CCOCC2)CCCC1)[C@H]1CCOc2ccccc2C1. The molecule has 3 aliphatic rings. The van der Waals surface area contributed by atoms with Crippen LogP contribution in [0.15, 0.2) is 24.3 Å². The molecule has 1 N–H and O–H groups in total. The molecule has 1 saturated carbocycles. The van der Waals surface area contributed by atoms with Crippen molar-refractivity contribution in [3.63, 3.8) is 0 Å². The van der Waals surface area contributed by atoms with E-state index < -0.39 is 0 Å². The predicted octanol–water partition coefficient (Wildman–Crippen LogP) is 2.39. The number of ether oxygens (including phenoxy) is 2. The molecule has 0 unspecified atom stereocenters. The Labute approximate surface area is 156 Å². The summed E-state index contributed by atoms with van der Waals surface area (Å²) in [5.41, 5.74) is 1.10. The highest BCUT2D eigenvalue weighted by Crippen LogP contribution is 2.32. The Morgan fingerprint density at radius 2 is 1.92 bits per heavy atom. The lowest BCUT2D eigenvalue weighted by molar-refractivity contribution is -0.127. The maximum absolute atomic E-state index is 13.2. The fraction of sp³-hybridized carbons (Fsp3) is 0.667. The zero-order valence-corrected chi connectivity index (χ0v) is 15.5. The lowest BCUT2D eigenvalue weighted by atomic mass is 9.91. The van der Waals surface area contributed by atoms with Crippen LogP contribution in [0.3, 0.4) is 0 Å². The second-order valence-electron chi connectivity index (χ2n) is 8.01. The lowest BCUT2D eigenvalue weighted by Gasteiger charge is -2.38. The van der Waals surface area contributed by atoms with Crippen molar-refractivity contribution in [2.75, 3.05) is 39.5 Å². The Balaban J connectivity index is 1.43. The fourth-order valence-corrected chi connectivity index (χ4v) is 4.64. The van der Waals surface area contributed by atoms with Crippen LogP contribution in [-0.4, -0.2) is 55.8 Å². The molecule has 0 radical (unpaired) electrons. The van der Waals surface area contributed by atoms with Crippen molar-refractivity contribution in [2.45, 2.75) is 44.1 Å². The summed E-state index contributed by atoms with van der Waals surface area (Å²) in [4.78, 5) is 15.6. The predicted molar refractivity (Wildman–Crippen MR) is 100 cm³/mol. The third-order valence-electron chi connectivity index (χ3n) is 6.11. The van der Waals surface area contributed by atoms with Crippen molar-refractivity contribution < 1.29 is 14.3 Å². The molecule has 0 spiro atoms. The molecule has 5 heteroatoms. The molecule has 0 aromatic heterocycles. The summed E-state index contributed by atoms with van der Waals surface area (Å²) >= 11 is 0. The van der Waals surface area contributed by atoms with E-state index in [9.17, 15) is 4.79 Å². The highest BCUT2D eigenvalue weighted by Gasteiger charge is 2.39. The Kier molecular flexibility index (Phi) is 5.46. The van der Waals surface area contributed by atoms with Crippen molar-refractivity contribution in [2.24, 2.45) is 5.92 Å². The minimum atomic E-state index is -0.0545. The number of carbonyl (C=O) groups is 1. The minimum Gasteiger partial charge on any atom is -0.493 e. The molecule has 2 aliphatic heterocycles. The molecule has 4 rings (SSSR count). The van der Waals surface area contributed by atoms with Gasteiger partial charge in [0.15, 0.2) is 0 Å². The van der Waals surface area contributed by atoms with E-state index in [-0.39, 0.29) is 17.4 Å². The number of morpholine rings is 1. The number of benzene rings is 1. The molecular weight excluding hydrogens is 328 g/mol. The lowest BCUT2D eigenvalue weighted by Crippen LogP contribution is -2.57. The Morgan fingerprint density at radius 1 is 1.15 bits per heavy atom. The van der Waals surface area contributed by atoms with Gasteiger partial charge >= 0.3 is 0 Å². The quantitative estimate of drug-likeness (QED) is 0.898. The highest BCUT2D eigenvalue weighted by atomic mass is 16.5. The van der Waals surface area contributed by atoms with Crippen LogP contribution in [0.2, 0.25) is 0 Å². The summed E-state index contributed by atoms with van der Waals surface area (Å²) < 4.78 is 11.3. The summed E-state index contributed by atoms with van der Waals surface area (Å²) in [6.45, 7) is 5.14. The van der Waals surface area contributed by atoms with Crippen LogP contribution in [-0.2, 0) is 16.0 Å². The summed E-state index contributed by atoms with van der Waals surface area (Å²) in [7, 11) is 0. The fourth-order valence-electron chi connectivity index (χ4n) is 4.64. The standard InChI is InChI=1S/C21H30N2O3/c24-20(18-7-12-26-19-6-2-1-5-17(19)15-18)22-21(8-3-4-9-21)16-23-10-13-25-14-11-23/h1-2,5-6,18H,3-4,7-16H2,(H,22,24)/t18-/m0/s1. The van der Waals surface area contributed by atoms with Crippen molar-refractivity contribution in [1.29, 1.82) is 0 Å². The summed E-state index contributed by atoms with van der Waals surface area (Å²) in [5, 5.41) is 3.49. The number of amides is 1. The molecule has 2 heterocycles. The first-order valence-corrected chi connectivity index (χ1v) is 10.1. The highest BCUT2D eigenvalue weighted by molar-refractivity contribution is 5.80. The molecular formula is C21H30N2O3. The van der Waals surface area contributed by atoms with Crippen molar-refractivity contribution in [1.82, 2.24) is 10.2 Å². The number of para-hydroxylation sites is 1. The van der Waals surface area contributed by atoms with Gasteiger partial charge < -0.3 is 14.8 Å². The van der Waals surface area contributed by atoms with Gasteiger partial charge in [-0.2, -0.15) is 0 Å². The Bertz CT molecular complexity index is 621. The van der Waals surface area contributed by atoms with E-state index >= 15 is 0 Å². The van der Waals surface area contributed by atoms with E-state index in [1.54, 1.807) is 0 Å². The van der Waals surface area contributed by atoms with Crippen LogP contribution in [0, 0.1) is 5.92 Å². The molecule has 1 aliphatic carbocycles. The summed E-state index contributed by atoms with van der Waals surface area (Å²) in [5.74, 6) is 1.15. The molecule has 1 amide bonds. The van der Waals surface area contributed by atoms with E-state index in [2.05, 4.69) is 16.3 Å². The summed E-state index contributed by atoms with van der Waals surface area (Å²) in [6, 6.07) is 8.11. The first-order valence-electron chi connectivity index (χ1n) is 10.1. The topological polar surface area (TPSA) is 50.8 Å². The summed E-state index contributed by atoms with van der Waals surface area (Å²) in [6.07, 6.45) is 6.16. The van der Waals surface area contributed by atoms with Gasteiger partial charge in [-0.05, 0) is 37.3 Å². The Hall–Kier alpha value is -1.59. The Morgan fingerprint density at radius 3 is 2.73 bits per heavy atom. The number of nitrogens with zero attached hydrogens (tertiary/aromatic N) is 1. The smallest absolute Gasteiger partial charge is 0.224 e. The van der Waals surface area contributed by atoms with E-state index in [0.717, 1.165) is 69.8 Å². The van der Waals surface area contributed by atoms with Gasteiger partial charge in [0.1, 0.15) is 5.75 Å². The van der Waals surface area contributed by atoms with E-state index in [1.165, 1.54) is 12.8 Å². The molecule has 0 bridgehead atoms. The zero-order chi connectivity index (χ0) is 17.8. The molecule has 26 heavy (non-hydrogen) atoms.